The van der Waals surface area contributed by atoms with Gasteiger partial charge >= 0.3 is 5.97 Å². The van der Waals surface area contributed by atoms with E-state index < -0.39 is 5.97 Å². The Bertz CT molecular complexity index is 889. The lowest BCUT2D eigenvalue weighted by Crippen LogP contribution is -1.96. The van der Waals surface area contributed by atoms with Crippen molar-refractivity contribution in [1.82, 2.24) is 10.2 Å². The van der Waals surface area contributed by atoms with Gasteiger partial charge in [-0.1, -0.05) is 41.6 Å². The fraction of sp³-hybridized carbons (Fsp3) is 0. The van der Waals surface area contributed by atoms with E-state index in [2.05, 4.69) is 22.0 Å². The average Bonchev–Trinajstić information content (AvgIpc) is 2.88. The minimum Gasteiger partial charge on any atom is -0.476 e. The third-order valence-electron chi connectivity index (χ3n) is 2.97. The maximum absolute atomic E-state index is 11.1. The van der Waals surface area contributed by atoms with E-state index in [1.54, 1.807) is 12.1 Å². The molecule has 4 nitrogen and oxygen atoms in total. The van der Waals surface area contributed by atoms with E-state index >= 15 is 0 Å². The summed E-state index contributed by atoms with van der Waals surface area (Å²) in [5.74, 6) is 4.86. The summed E-state index contributed by atoms with van der Waals surface area (Å²) in [7, 11) is 0. The van der Waals surface area contributed by atoms with Gasteiger partial charge in [0.05, 0.1) is 10.5 Å². The van der Waals surface area contributed by atoms with Crippen LogP contribution in [0, 0.1) is 11.8 Å². The Morgan fingerprint density at radius 2 is 1.95 bits per heavy atom. The number of hydrogen-bond donors (Lipinski definition) is 2. The SMILES string of the molecule is O=C(O)c1n[nH]c2cc(Cl)c(C#Cc3ccccc3)cc12. The molecular weight excluding hydrogens is 288 g/mol. The normalized spacial score (nSPS) is 10.1. The van der Waals surface area contributed by atoms with Gasteiger partial charge in [0.1, 0.15) is 0 Å². The van der Waals surface area contributed by atoms with E-state index in [1.807, 2.05) is 30.3 Å². The number of nitrogens with zero attached hydrogens (tertiary/aromatic N) is 1. The van der Waals surface area contributed by atoms with Gasteiger partial charge < -0.3 is 5.11 Å². The van der Waals surface area contributed by atoms with Gasteiger partial charge in [0.25, 0.3) is 0 Å². The van der Waals surface area contributed by atoms with Gasteiger partial charge in [-0.05, 0) is 24.3 Å². The molecule has 0 atom stereocenters. The van der Waals surface area contributed by atoms with E-state index in [0.29, 0.717) is 21.5 Å². The van der Waals surface area contributed by atoms with Crippen molar-refractivity contribution in [3.63, 3.8) is 0 Å². The number of halogens is 1. The van der Waals surface area contributed by atoms with Crippen LogP contribution in [-0.4, -0.2) is 21.3 Å². The van der Waals surface area contributed by atoms with Crippen molar-refractivity contribution in [3.05, 3.63) is 64.3 Å². The van der Waals surface area contributed by atoms with Crippen LogP contribution >= 0.6 is 11.6 Å². The van der Waals surface area contributed by atoms with E-state index in [0.717, 1.165) is 5.56 Å². The van der Waals surface area contributed by atoms with Crippen LogP contribution in [0.15, 0.2) is 42.5 Å². The lowest BCUT2D eigenvalue weighted by atomic mass is 10.1. The lowest BCUT2D eigenvalue weighted by Gasteiger charge is -1.97. The molecule has 0 spiro atoms. The second-order valence-corrected chi connectivity index (χ2v) is 4.78. The number of fused-ring (bicyclic) bond motifs is 1. The van der Waals surface area contributed by atoms with Crippen LogP contribution in [-0.2, 0) is 0 Å². The smallest absolute Gasteiger partial charge is 0.357 e. The largest absolute Gasteiger partial charge is 0.476 e. The summed E-state index contributed by atoms with van der Waals surface area (Å²) >= 11 is 6.16. The molecule has 0 bridgehead atoms. The van der Waals surface area contributed by atoms with Gasteiger partial charge in [-0.15, -0.1) is 0 Å². The fourth-order valence-electron chi connectivity index (χ4n) is 1.96. The third-order valence-corrected chi connectivity index (χ3v) is 3.28. The number of carboxylic acids is 1. The molecule has 0 radical (unpaired) electrons. The maximum atomic E-state index is 11.1. The van der Waals surface area contributed by atoms with Crippen molar-refractivity contribution in [2.45, 2.75) is 0 Å². The van der Waals surface area contributed by atoms with Crippen molar-refractivity contribution in [3.8, 4) is 11.8 Å². The van der Waals surface area contributed by atoms with Crippen molar-refractivity contribution in [2.24, 2.45) is 0 Å². The van der Waals surface area contributed by atoms with Crippen molar-refractivity contribution in [2.75, 3.05) is 0 Å². The van der Waals surface area contributed by atoms with E-state index in [4.69, 9.17) is 16.7 Å². The number of aromatic amines is 1. The molecule has 0 aliphatic rings. The number of aromatic nitrogens is 2. The first-order valence-corrected chi connectivity index (χ1v) is 6.51. The quantitative estimate of drug-likeness (QED) is 0.677. The van der Waals surface area contributed by atoms with Gasteiger partial charge in [-0.2, -0.15) is 5.10 Å². The van der Waals surface area contributed by atoms with Crippen LogP contribution in [0.2, 0.25) is 5.02 Å². The van der Waals surface area contributed by atoms with Crippen LogP contribution in [0.5, 0.6) is 0 Å². The summed E-state index contributed by atoms with van der Waals surface area (Å²) < 4.78 is 0. The zero-order chi connectivity index (χ0) is 14.8. The molecule has 0 fully saturated rings. The standard InChI is InChI=1S/C16H9ClN2O2/c17-13-9-14-12(15(16(20)21)19-18-14)8-11(13)7-6-10-4-2-1-3-5-10/h1-5,8-9H,(H,18,19)(H,20,21). The van der Waals surface area contributed by atoms with Crippen LogP contribution in [0.4, 0.5) is 0 Å². The molecular formula is C16H9ClN2O2. The molecule has 2 N–H and O–H groups in total. The molecule has 1 aromatic heterocycles. The Balaban J connectivity index is 2.11. The number of nitrogens with one attached hydrogen (secondary N) is 1. The Labute approximate surface area is 125 Å². The second-order valence-electron chi connectivity index (χ2n) is 4.37. The highest BCUT2D eigenvalue weighted by Crippen LogP contribution is 2.24. The minimum absolute atomic E-state index is 0.0376. The Morgan fingerprint density at radius 1 is 1.19 bits per heavy atom. The molecule has 0 aliphatic heterocycles. The predicted molar refractivity (Wildman–Crippen MR) is 80.5 cm³/mol. The van der Waals surface area contributed by atoms with Crippen LogP contribution in [0.1, 0.15) is 21.6 Å². The highest BCUT2D eigenvalue weighted by atomic mass is 35.5. The Kier molecular flexibility index (Phi) is 3.35. The van der Waals surface area contributed by atoms with E-state index in [1.165, 1.54) is 0 Å². The summed E-state index contributed by atoms with van der Waals surface area (Å²) in [4.78, 5) is 11.1. The zero-order valence-electron chi connectivity index (χ0n) is 10.7. The van der Waals surface area contributed by atoms with E-state index in [-0.39, 0.29) is 5.69 Å². The van der Waals surface area contributed by atoms with Crippen molar-refractivity contribution < 1.29 is 9.90 Å². The molecule has 1 heterocycles. The Morgan fingerprint density at radius 3 is 2.67 bits per heavy atom. The lowest BCUT2D eigenvalue weighted by molar-refractivity contribution is 0.0692. The van der Waals surface area contributed by atoms with E-state index in [9.17, 15) is 4.79 Å². The number of benzene rings is 2. The van der Waals surface area contributed by atoms with Gasteiger partial charge in [0, 0.05) is 16.5 Å². The molecule has 3 rings (SSSR count). The summed E-state index contributed by atoms with van der Waals surface area (Å²) in [6.07, 6.45) is 0. The minimum atomic E-state index is -1.09. The molecule has 0 aliphatic carbocycles. The van der Waals surface area contributed by atoms with Gasteiger partial charge in [0.2, 0.25) is 0 Å². The molecule has 0 saturated heterocycles. The summed E-state index contributed by atoms with van der Waals surface area (Å²) in [6.45, 7) is 0. The zero-order valence-corrected chi connectivity index (χ0v) is 11.5. The maximum Gasteiger partial charge on any atom is 0.357 e. The van der Waals surface area contributed by atoms with Gasteiger partial charge in [-0.3, -0.25) is 5.10 Å². The molecule has 0 amide bonds. The van der Waals surface area contributed by atoms with Crippen molar-refractivity contribution in [1.29, 1.82) is 0 Å². The molecule has 0 unspecified atom stereocenters. The molecule has 5 heteroatoms. The van der Waals surface area contributed by atoms with Crippen LogP contribution in [0.25, 0.3) is 10.9 Å². The number of carbonyl (C=O) groups is 1. The molecule has 0 saturated carbocycles. The molecule has 3 aromatic rings. The topological polar surface area (TPSA) is 66.0 Å². The first kappa shape index (κ1) is 13.2. The Hall–Kier alpha value is -2.77. The highest BCUT2D eigenvalue weighted by molar-refractivity contribution is 6.32. The van der Waals surface area contributed by atoms with Crippen LogP contribution < -0.4 is 0 Å². The predicted octanol–water partition coefficient (Wildman–Crippen LogP) is 3.31. The van der Waals surface area contributed by atoms with Crippen molar-refractivity contribution >= 4 is 28.5 Å². The number of H-pyrrole nitrogens is 1. The molecule has 2 aromatic carbocycles. The monoisotopic (exact) mass is 296 g/mol. The summed E-state index contributed by atoms with van der Waals surface area (Å²) in [6, 6.07) is 12.8. The number of aromatic carboxylic acids is 1. The number of hydrogen-bond acceptors (Lipinski definition) is 2. The fourth-order valence-corrected chi connectivity index (χ4v) is 2.17. The first-order valence-electron chi connectivity index (χ1n) is 6.13. The van der Waals surface area contributed by atoms with Gasteiger partial charge in [0.15, 0.2) is 5.69 Å². The second kappa shape index (κ2) is 5.31. The third kappa shape index (κ3) is 2.60. The average molecular weight is 297 g/mol. The van der Waals surface area contributed by atoms with Gasteiger partial charge in [-0.25, -0.2) is 4.79 Å². The van der Waals surface area contributed by atoms with Crippen LogP contribution in [0.3, 0.4) is 0 Å². The molecule has 102 valence electrons. The summed E-state index contributed by atoms with van der Waals surface area (Å²) in [5, 5.41) is 16.4. The highest BCUT2D eigenvalue weighted by Gasteiger charge is 2.14. The first-order chi connectivity index (χ1) is 10.1. The summed E-state index contributed by atoms with van der Waals surface area (Å²) in [5.41, 5.74) is 1.96. The number of rotatable bonds is 1. The molecule has 21 heavy (non-hydrogen) atoms. The number of carboxylic acid groups (broad SMARTS) is 1.